The molecule has 1 amide bonds. The Morgan fingerprint density at radius 1 is 1.12 bits per heavy atom. The molecule has 136 valence electrons. The maximum absolute atomic E-state index is 13.0. The lowest BCUT2D eigenvalue weighted by atomic mass is 10.1. The van der Waals surface area contributed by atoms with Crippen LogP contribution in [0.3, 0.4) is 0 Å². The molecule has 4 rings (SSSR count). The number of hydrogen-bond acceptors (Lipinski definition) is 4. The molecule has 0 spiro atoms. The minimum atomic E-state index is 0. The molecule has 25 heavy (non-hydrogen) atoms. The fourth-order valence-electron chi connectivity index (χ4n) is 3.75. The summed E-state index contributed by atoms with van der Waals surface area (Å²) in [5.41, 5.74) is 0.797. The Bertz CT molecular complexity index is 716. The second-order valence-corrected chi connectivity index (χ2v) is 6.38. The summed E-state index contributed by atoms with van der Waals surface area (Å²) in [5.74, 6) is 0.152. The standard InChI is InChI=1S/C18H22N4O.2ClH/c23-18(17-3-1-2-14-12-20-6-4-16(14)17)22-9-5-15(13-22)21-10-7-19-8-11-21;;/h1-4,6,12,15,19H,5,7-11,13H2;2*1H. The van der Waals surface area contributed by atoms with Crippen molar-refractivity contribution >= 4 is 41.5 Å². The molecule has 0 radical (unpaired) electrons. The third-order valence-electron chi connectivity index (χ3n) is 5.03. The summed E-state index contributed by atoms with van der Waals surface area (Å²) in [6.45, 7) is 6.00. The van der Waals surface area contributed by atoms with Gasteiger partial charge in [0, 0.05) is 68.7 Å². The van der Waals surface area contributed by atoms with Crippen LogP contribution in [0.5, 0.6) is 0 Å². The van der Waals surface area contributed by atoms with E-state index in [-0.39, 0.29) is 30.7 Å². The van der Waals surface area contributed by atoms with Crippen LogP contribution in [0.25, 0.3) is 10.8 Å². The van der Waals surface area contributed by atoms with Crippen LogP contribution >= 0.6 is 24.8 Å². The first kappa shape index (κ1) is 19.9. The van der Waals surface area contributed by atoms with Gasteiger partial charge in [-0.25, -0.2) is 0 Å². The SMILES string of the molecule is Cl.Cl.O=C(c1cccc2cnccc12)N1CCC(N2CCNCC2)C1. The first-order valence-corrected chi connectivity index (χ1v) is 8.40. The maximum atomic E-state index is 13.0. The zero-order valence-corrected chi connectivity index (χ0v) is 15.7. The number of hydrogen-bond donors (Lipinski definition) is 1. The number of amides is 1. The van der Waals surface area contributed by atoms with E-state index in [0.29, 0.717) is 6.04 Å². The number of piperazine rings is 1. The molecule has 0 saturated carbocycles. The first-order valence-electron chi connectivity index (χ1n) is 8.40. The van der Waals surface area contributed by atoms with Gasteiger partial charge in [0.15, 0.2) is 0 Å². The highest BCUT2D eigenvalue weighted by molar-refractivity contribution is 6.06. The van der Waals surface area contributed by atoms with Crippen LogP contribution in [0, 0.1) is 0 Å². The molecular formula is C18H24Cl2N4O. The fourth-order valence-corrected chi connectivity index (χ4v) is 3.75. The lowest BCUT2D eigenvalue weighted by molar-refractivity contribution is 0.0775. The second kappa shape index (κ2) is 8.81. The van der Waals surface area contributed by atoms with Gasteiger partial charge in [-0.2, -0.15) is 0 Å². The zero-order valence-electron chi connectivity index (χ0n) is 14.1. The lowest BCUT2D eigenvalue weighted by Crippen LogP contribution is -2.49. The molecule has 2 saturated heterocycles. The van der Waals surface area contributed by atoms with Crippen LogP contribution in [0.1, 0.15) is 16.8 Å². The predicted molar refractivity (Wildman–Crippen MR) is 105 cm³/mol. The van der Waals surface area contributed by atoms with Crippen LogP contribution in [-0.4, -0.2) is 66.0 Å². The molecule has 0 aliphatic carbocycles. The Labute approximate surface area is 160 Å². The van der Waals surface area contributed by atoms with Crippen molar-refractivity contribution in [3.8, 4) is 0 Å². The number of rotatable bonds is 2. The summed E-state index contributed by atoms with van der Waals surface area (Å²) in [4.78, 5) is 21.7. The quantitative estimate of drug-likeness (QED) is 0.864. The van der Waals surface area contributed by atoms with Gasteiger partial charge in [0.05, 0.1) is 0 Å². The molecule has 3 heterocycles. The van der Waals surface area contributed by atoms with Crippen LogP contribution in [0.4, 0.5) is 0 Å². The summed E-state index contributed by atoms with van der Waals surface area (Å²) in [6.07, 6.45) is 4.66. The summed E-state index contributed by atoms with van der Waals surface area (Å²) >= 11 is 0. The van der Waals surface area contributed by atoms with E-state index in [0.717, 1.165) is 62.0 Å². The maximum Gasteiger partial charge on any atom is 0.254 e. The number of aromatic nitrogens is 1. The number of fused-ring (bicyclic) bond motifs is 1. The number of likely N-dealkylation sites (tertiary alicyclic amines) is 1. The van der Waals surface area contributed by atoms with E-state index in [1.54, 1.807) is 6.20 Å². The largest absolute Gasteiger partial charge is 0.337 e. The summed E-state index contributed by atoms with van der Waals surface area (Å²) in [5, 5.41) is 5.41. The molecule has 1 N–H and O–H groups in total. The van der Waals surface area contributed by atoms with Crippen molar-refractivity contribution in [3.05, 3.63) is 42.2 Å². The van der Waals surface area contributed by atoms with Crippen LogP contribution in [0.2, 0.25) is 0 Å². The number of halogens is 2. The van der Waals surface area contributed by atoms with Crippen molar-refractivity contribution in [1.29, 1.82) is 0 Å². The Balaban J connectivity index is 0.00000113. The third kappa shape index (κ3) is 4.06. The van der Waals surface area contributed by atoms with Crippen molar-refractivity contribution in [1.82, 2.24) is 20.1 Å². The van der Waals surface area contributed by atoms with Crippen LogP contribution in [-0.2, 0) is 0 Å². The average molecular weight is 383 g/mol. The summed E-state index contributed by atoms with van der Waals surface area (Å²) in [7, 11) is 0. The molecule has 1 unspecified atom stereocenters. The van der Waals surface area contributed by atoms with Gasteiger partial charge in [0.2, 0.25) is 0 Å². The Kier molecular flexibility index (Phi) is 7.02. The monoisotopic (exact) mass is 382 g/mol. The minimum absolute atomic E-state index is 0. The lowest BCUT2D eigenvalue weighted by Gasteiger charge is -2.32. The van der Waals surface area contributed by atoms with Crippen molar-refractivity contribution in [2.45, 2.75) is 12.5 Å². The van der Waals surface area contributed by atoms with Gasteiger partial charge < -0.3 is 10.2 Å². The normalized spacial score (nSPS) is 20.8. The molecule has 2 aliphatic heterocycles. The van der Waals surface area contributed by atoms with E-state index in [1.807, 2.05) is 35.4 Å². The Hall–Kier alpha value is -1.40. The molecule has 0 bridgehead atoms. The van der Waals surface area contributed by atoms with E-state index >= 15 is 0 Å². The molecule has 1 atom stereocenters. The predicted octanol–water partition coefficient (Wildman–Crippen LogP) is 2.20. The first-order chi connectivity index (χ1) is 11.3. The van der Waals surface area contributed by atoms with Crippen molar-refractivity contribution < 1.29 is 4.79 Å². The molecule has 7 heteroatoms. The van der Waals surface area contributed by atoms with E-state index in [2.05, 4.69) is 15.2 Å². The van der Waals surface area contributed by atoms with Gasteiger partial charge in [-0.3, -0.25) is 14.7 Å². The summed E-state index contributed by atoms with van der Waals surface area (Å²) < 4.78 is 0. The van der Waals surface area contributed by atoms with E-state index < -0.39 is 0 Å². The molecule has 5 nitrogen and oxygen atoms in total. The number of nitrogens with zero attached hydrogens (tertiary/aromatic N) is 3. The second-order valence-electron chi connectivity index (χ2n) is 6.38. The minimum Gasteiger partial charge on any atom is -0.337 e. The van der Waals surface area contributed by atoms with Gasteiger partial charge in [-0.15, -0.1) is 24.8 Å². The Morgan fingerprint density at radius 3 is 2.72 bits per heavy atom. The topological polar surface area (TPSA) is 48.5 Å². The van der Waals surface area contributed by atoms with E-state index in [4.69, 9.17) is 0 Å². The molecule has 2 aliphatic rings. The molecule has 1 aromatic heterocycles. The van der Waals surface area contributed by atoms with Crippen LogP contribution < -0.4 is 5.32 Å². The van der Waals surface area contributed by atoms with Gasteiger partial charge in [0.25, 0.3) is 5.91 Å². The summed E-state index contributed by atoms with van der Waals surface area (Å²) in [6, 6.07) is 8.33. The highest BCUT2D eigenvalue weighted by Crippen LogP contribution is 2.23. The van der Waals surface area contributed by atoms with E-state index in [9.17, 15) is 4.79 Å². The molecule has 2 aromatic rings. The molecular weight excluding hydrogens is 359 g/mol. The average Bonchev–Trinajstić information content (AvgIpc) is 3.11. The highest BCUT2D eigenvalue weighted by atomic mass is 35.5. The number of benzene rings is 1. The van der Waals surface area contributed by atoms with Crippen molar-refractivity contribution in [2.24, 2.45) is 0 Å². The number of carbonyl (C=O) groups excluding carboxylic acids is 1. The van der Waals surface area contributed by atoms with Crippen molar-refractivity contribution in [2.75, 3.05) is 39.3 Å². The fraction of sp³-hybridized carbons (Fsp3) is 0.444. The van der Waals surface area contributed by atoms with Gasteiger partial charge >= 0.3 is 0 Å². The number of nitrogens with one attached hydrogen (secondary N) is 1. The molecule has 2 fully saturated rings. The number of pyridine rings is 1. The van der Waals surface area contributed by atoms with Crippen molar-refractivity contribution in [3.63, 3.8) is 0 Å². The van der Waals surface area contributed by atoms with Crippen LogP contribution in [0.15, 0.2) is 36.7 Å². The van der Waals surface area contributed by atoms with Gasteiger partial charge in [-0.1, -0.05) is 12.1 Å². The Morgan fingerprint density at radius 2 is 1.92 bits per heavy atom. The van der Waals surface area contributed by atoms with Gasteiger partial charge in [0.1, 0.15) is 0 Å². The molecule has 1 aromatic carbocycles. The number of carbonyl (C=O) groups is 1. The highest BCUT2D eigenvalue weighted by Gasteiger charge is 2.31. The van der Waals surface area contributed by atoms with Gasteiger partial charge in [-0.05, 0) is 23.9 Å². The van der Waals surface area contributed by atoms with E-state index in [1.165, 1.54) is 0 Å². The zero-order chi connectivity index (χ0) is 15.6. The smallest absolute Gasteiger partial charge is 0.254 e. The third-order valence-corrected chi connectivity index (χ3v) is 5.03.